The fourth-order valence-corrected chi connectivity index (χ4v) is 2.31. The minimum Gasteiger partial charge on any atom is -0.372 e. The van der Waals surface area contributed by atoms with Gasteiger partial charge in [-0.15, -0.1) is 0 Å². The van der Waals surface area contributed by atoms with Crippen molar-refractivity contribution in [1.82, 2.24) is 0 Å². The van der Waals surface area contributed by atoms with Gasteiger partial charge in [-0.05, 0) is 53.0 Å². The van der Waals surface area contributed by atoms with Crippen LogP contribution < -0.4 is 5.73 Å². The lowest BCUT2D eigenvalue weighted by atomic mass is 10.0. The molecule has 1 heterocycles. The molecule has 2 nitrogen and oxygen atoms in total. The van der Waals surface area contributed by atoms with E-state index in [0.29, 0.717) is 10.9 Å². The van der Waals surface area contributed by atoms with Gasteiger partial charge in [0, 0.05) is 4.75 Å². The molecule has 0 aromatic carbocycles. The highest BCUT2D eigenvalue weighted by Crippen LogP contribution is 2.48. The van der Waals surface area contributed by atoms with Crippen LogP contribution in [0.2, 0.25) is 0 Å². The Labute approximate surface area is 93.0 Å². The highest BCUT2D eigenvalue weighted by Gasteiger charge is 2.43. The quantitative estimate of drug-likeness (QED) is 0.697. The summed E-state index contributed by atoms with van der Waals surface area (Å²) in [4.78, 5) is 0. The summed E-state index contributed by atoms with van der Waals surface area (Å²) in [6.45, 7) is 4.37. The van der Waals surface area contributed by atoms with Crippen LogP contribution in [0.5, 0.6) is 0 Å². The zero-order valence-corrected chi connectivity index (χ0v) is 10.4. The monoisotopic (exact) mass is 217 g/mol. The van der Waals surface area contributed by atoms with Crippen molar-refractivity contribution in [2.24, 2.45) is 5.73 Å². The van der Waals surface area contributed by atoms with Gasteiger partial charge in [0.2, 0.25) is 0 Å². The smallest absolute Gasteiger partial charge is 0.0631 e. The van der Waals surface area contributed by atoms with Crippen LogP contribution in [-0.2, 0) is 4.74 Å². The maximum Gasteiger partial charge on any atom is 0.0631 e. The first-order valence-corrected chi connectivity index (χ1v) is 5.92. The van der Waals surface area contributed by atoms with Gasteiger partial charge in [0.15, 0.2) is 0 Å². The number of thiol groups is 1. The number of hydrogen-bond acceptors (Lipinski definition) is 3. The summed E-state index contributed by atoms with van der Waals surface area (Å²) in [5.74, 6) is 0. The Morgan fingerprint density at radius 2 is 1.86 bits per heavy atom. The average Bonchev–Trinajstić information content (AvgIpc) is 2.73. The van der Waals surface area contributed by atoms with E-state index in [-0.39, 0.29) is 5.60 Å². The van der Waals surface area contributed by atoms with E-state index in [2.05, 4.69) is 32.2 Å². The van der Waals surface area contributed by atoms with Crippen LogP contribution in [0, 0.1) is 0 Å². The summed E-state index contributed by atoms with van der Waals surface area (Å²) < 4.78 is 6.27. The van der Waals surface area contributed by atoms with E-state index in [1.807, 2.05) is 0 Å². The van der Waals surface area contributed by atoms with Crippen molar-refractivity contribution in [3.05, 3.63) is 0 Å². The Balaban J connectivity index is 0.000000461. The van der Waals surface area contributed by atoms with E-state index in [1.165, 1.54) is 39.2 Å². The first kappa shape index (κ1) is 12.3. The topological polar surface area (TPSA) is 35.2 Å². The normalized spacial score (nSPS) is 31.9. The summed E-state index contributed by atoms with van der Waals surface area (Å²) in [7, 11) is 1.50. The Kier molecular flexibility index (Phi) is 3.89. The molecule has 1 atom stereocenters. The van der Waals surface area contributed by atoms with Crippen LogP contribution in [0.25, 0.3) is 0 Å². The molecule has 0 bridgehead atoms. The van der Waals surface area contributed by atoms with Gasteiger partial charge in [0.25, 0.3) is 0 Å². The standard InChI is InChI=1S/C10H18OS.CH5N/c1-9(2)4-3-8(11-9)7-10(12)5-6-10;1-2/h8,12H,3-7H2,1-2H3;2H2,1H3. The van der Waals surface area contributed by atoms with Crippen molar-refractivity contribution in [3.63, 3.8) is 0 Å². The summed E-state index contributed by atoms with van der Waals surface area (Å²) in [5.41, 5.74) is 4.63. The van der Waals surface area contributed by atoms with E-state index in [9.17, 15) is 0 Å². The summed E-state index contributed by atoms with van der Waals surface area (Å²) in [5, 5.41) is 0. The maximum absolute atomic E-state index is 5.92. The first-order chi connectivity index (χ1) is 6.49. The van der Waals surface area contributed by atoms with Crippen LogP contribution in [0.4, 0.5) is 0 Å². The molecule has 1 aliphatic heterocycles. The Morgan fingerprint density at radius 3 is 2.21 bits per heavy atom. The zero-order chi connectivity index (χ0) is 10.8. The molecule has 14 heavy (non-hydrogen) atoms. The van der Waals surface area contributed by atoms with Crippen molar-refractivity contribution in [3.8, 4) is 0 Å². The van der Waals surface area contributed by atoms with Crippen LogP contribution in [0.1, 0.15) is 46.0 Å². The number of hydrogen-bond donors (Lipinski definition) is 2. The second-order valence-electron chi connectivity index (χ2n) is 4.97. The lowest BCUT2D eigenvalue weighted by Crippen LogP contribution is -2.22. The summed E-state index contributed by atoms with van der Waals surface area (Å²) >= 11 is 4.62. The predicted octanol–water partition coefficient (Wildman–Crippen LogP) is 2.37. The fourth-order valence-electron chi connectivity index (χ4n) is 1.99. The van der Waals surface area contributed by atoms with E-state index in [4.69, 9.17) is 4.74 Å². The number of nitrogens with two attached hydrogens (primary N) is 1. The molecule has 0 amide bonds. The third-order valence-electron chi connectivity index (χ3n) is 2.99. The Hall–Kier alpha value is 0.270. The molecule has 2 aliphatic rings. The minimum absolute atomic E-state index is 0.129. The first-order valence-electron chi connectivity index (χ1n) is 5.47. The van der Waals surface area contributed by atoms with Crippen molar-refractivity contribution < 1.29 is 4.74 Å². The lowest BCUT2D eigenvalue weighted by molar-refractivity contribution is -0.0189. The fraction of sp³-hybridized carbons (Fsp3) is 1.00. The van der Waals surface area contributed by atoms with Crippen LogP contribution in [0.3, 0.4) is 0 Å². The number of rotatable bonds is 2. The number of ether oxygens (including phenoxy) is 1. The Morgan fingerprint density at radius 1 is 1.29 bits per heavy atom. The van der Waals surface area contributed by atoms with Crippen LogP contribution >= 0.6 is 12.6 Å². The van der Waals surface area contributed by atoms with Gasteiger partial charge < -0.3 is 10.5 Å². The van der Waals surface area contributed by atoms with Gasteiger partial charge in [-0.25, -0.2) is 0 Å². The molecule has 0 aromatic rings. The molecule has 1 unspecified atom stereocenters. The highest BCUT2D eigenvalue weighted by molar-refractivity contribution is 7.82. The third-order valence-corrected chi connectivity index (χ3v) is 3.62. The second kappa shape index (κ2) is 4.42. The van der Waals surface area contributed by atoms with Crippen LogP contribution in [0.15, 0.2) is 0 Å². The molecule has 0 spiro atoms. The maximum atomic E-state index is 5.92. The van der Waals surface area contributed by atoms with Gasteiger partial charge >= 0.3 is 0 Å². The van der Waals surface area contributed by atoms with Crippen molar-refractivity contribution in [2.45, 2.75) is 62.4 Å². The van der Waals surface area contributed by atoms with Gasteiger partial charge in [0.1, 0.15) is 0 Å². The van der Waals surface area contributed by atoms with Gasteiger partial charge in [-0.2, -0.15) is 12.6 Å². The SMILES string of the molecule is CC1(C)CCC(CC2(S)CC2)O1.CN. The third kappa shape index (κ3) is 3.44. The largest absolute Gasteiger partial charge is 0.372 e. The lowest BCUT2D eigenvalue weighted by Gasteiger charge is -2.20. The second-order valence-corrected chi connectivity index (χ2v) is 5.92. The van der Waals surface area contributed by atoms with Crippen molar-refractivity contribution in [1.29, 1.82) is 0 Å². The average molecular weight is 217 g/mol. The van der Waals surface area contributed by atoms with Crippen LogP contribution in [-0.4, -0.2) is 23.5 Å². The molecular formula is C11H23NOS. The minimum atomic E-state index is 0.129. The zero-order valence-electron chi connectivity index (χ0n) is 9.55. The summed E-state index contributed by atoms with van der Waals surface area (Å²) in [6.07, 6.45) is 6.67. The molecule has 2 rings (SSSR count). The van der Waals surface area contributed by atoms with Crippen molar-refractivity contribution >= 4 is 12.6 Å². The molecule has 2 N–H and O–H groups in total. The molecule has 0 aromatic heterocycles. The molecule has 3 heteroatoms. The molecular weight excluding hydrogens is 194 g/mol. The molecule has 1 saturated carbocycles. The Bertz CT molecular complexity index is 190. The van der Waals surface area contributed by atoms with Gasteiger partial charge in [-0.1, -0.05) is 0 Å². The van der Waals surface area contributed by atoms with E-state index < -0.39 is 0 Å². The van der Waals surface area contributed by atoms with Gasteiger partial charge in [0.05, 0.1) is 11.7 Å². The van der Waals surface area contributed by atoms with E-state index in [0.717, 1.165) is 0 Å². The molecule has 1 saturated heterocycles. The summed E-state index contributed by atoms with van der Waals surface area (Å²) in [6, 6.07) is 0. The predicted molar refractivity (Wildman–Crippen MR) is 63.9 cm³/mol. The molecule has 1 aliphatic carbocycles. The van der Waals surface area contributed by atoms with E-state index in [1.54, 1.807) is 0 Å². The molecule has 0 radical (unpaired) electrons. The highest BCUT2D eigenvalue weighted by atomic mass is 32.1. The van der Waals surface area contributed by atoms with E-state index >= 15 is 0 Å². The molecule has 2 fully saturated rings. The van der Waals surface area contributed by atoms with Crippen molar-refractivity contribution in [2.75, 3.05) is 7.05 Å². The van der Waals surface area contributed by atoms with Gasteiger partial charge in [-0.3, -0.25) is 0 Å². The molecule has 84 valence electrons.